The van der Waals surface area contributed by atoms with Crippen molar-refractivity contribution in [3.8, 4) is 22.8 Å². The van der Waals surface area contributed by atoms with Gasteiger partial charge in [0.1, 0.15) is 16.8 Å². The molecule has 1 aromatic carbocycles. The molecule has 146 valence electrons. The van der Waals surface area contributed by atoms with Crippen molar-refractivity contribution < 1.29 is 14.1 Å². The quantitative estimate of drug-likeness (QED) is 0.709. The molecule has 0 saturated heterocycles. The van der Waals surface area contributed by atoms with Gasteiger partial charge in [-0.05, 0) is 40.0 Å². The number of benzene rings is 1. The largest absolute Gasteiger partial charge is 0.444 e. The Kier molecular flexibility index (Phi) is 4.37. The first-order chi connectivity index (χ1) is 13.4. The molecule has 2 heterocycles. The van der Waals surface area contributed by atoms with E-state index in [4.69, 9.17) is 9.26 Å². The fraction of sp³-hybridized carbons (Fsp3) is 0.421. The van der Waals surface area contributed by atoms with Crippen molar-refractivity contribution in [2.45, 2.75) is 51.2 Å². The van der Waals surface area contributed by atoms with E-state index in [9.17, 15) is 4.79 Å². The number of aromatic amines is 1. The van der Waals surface area contributed by atoms with E-state index in [1.165, 1.54) is 0 Å². The maximum absolute atomic E-state index is 12.3. The summed E-state index contributed by atoms with van der Waals surface area (Å²) in [6.45, 7) is 5.46. The normalized spacial score (nSPS) is 15.7. The van der Waals surface area contributed by atoms with E-state index in [1.807, 2.05) is 51.1 Å². The summed E-state index contributed by atoms with van der Waals surface area (Å²) >= 11 is 0. The molecule has 1 fully saturated rings. The predicted molar refractivity (Wildman–Crippen MR) is 100 cm³/mol. The van der Waals surface area contributed by atoms with Gasteiger partial charge < -0.3 is 14.6 Å². The van der Waals surface area contributed by atoms with Crippen molar-refractivity contribution in [2.75, 3.05) is 0 Å². The average Bonchev–Trinajstić information content (AvgIpc) is 3.26. The molecule has 28 heavy (non-hydrogen) atoms. The van der Waals surface area contributed by atoms with Crippen LogP contribution in [0, 0.1) is 0 Å². The summed E-state index contributed by atoms with van der Waals surface area (Å²) in [6, 6.07) is 9.62. The molecule has 0 radical (unpaired) electrons. The van der Waals surface area contributed by atoms with Crippen LogP contribution in [0.5, 0.6) is 0 Å². The highest BCUT2D eigenvalue weighted by atomic mass is 16.6. The Balaban J connectivity index is 1.60. The summed E-state index contributed by atoms with van der Waals surface area (Å²) in [6.07, 6.45) is 1.90. The van der Waals surface area contributed by atoms with Gasteiger partial charge in [0.2, 0.25) is 0 Å². The molecule has 9 heteroatoms. The van der Waals surface area contributed by atoms with Crippen LogP contribution in [-0.2, 0) is 10.3 Å². The van der Waals surface area contributed by atoms with Gasteiger partial charge in [-0.2, -0.15) is 20.4 Å². The Morgan fingerprint density at radius 2 is 1.89 bits per heavy atom. The number of hydrogen-bond acceptors (Lipinski definition) is 7. The molecular formula is C19H22N6O3. The van der Waals surface area contributed by atoms with Crippen LogP contribution in [0.3, 0.4) is 0 Å². The Bertz CT molecular complexity index is 969. The zero-order valence-electron chi connectivity index (χ0n) is 16.0. The smallest absolute Gasteiger partial charge is 0.408 e. The number of amides is 1. The van der Waals surface area contributed by atoms with E-state index in [1.54, 1.807) is 0 Å². The molecule has 1 amide bonds. The third kappa shape index (κ3) is 3.47. The van der Waals surface area contributed by atoms with E-state index < -0.39 is 17.2 Å². The number of nitrogens with zero attached hydrogens (tertiary/aromatic N) is 4. The summed E-state index contributed by atoms with van der Waals surface area (Å²) in [5.41, 5.74) is 0.718. The summed E-state index contributed by atoms with van der Waals surface area (Å²) < 4.78 is 10.8. The Morgan fingerprint density at radius 1 is 1.18 bits per heavy atom. The SMILES string of the molecule is CC(C)(C)OC(=O)NC1(c2noc(-c3n[nH]nc3-c3ccccc3)n2)CCC1. The van der Waals surface area contributed by atoms with Crippen LogP contribution in [0.2, 0.25) is 0 Å². The summed E-state index contributed by atoms with van der Waals surface area (Å²) in [5.74, 6) is 0.668. The molecule has 3 aromatic rings. The van der Waals surface area contributed by atoms with Gasteiger partial charge in [0.15, 0.2) is 11.5 Å². The van der Waals surface area contributed by atoms with Crippen molar-refractivity contribution in [1.82, 2.24) is 30.9 Å². The predicted octanol–water partition coefficient (Wildman–Crippen LogP) is 3.43. The van der Waals surface area contributed by atoms with Gasteiger partial charge in [-0.25, -0.2) is 4.79 Å². The van der Waals surface area contributed by atoms with Crippen LogP contribution >= 0.6 is 0 Å². The molecule has 9 nitrogen and oxygen atoms in total. The first-order valence-corrected chi connectivity index (χ1v) is 9.18. The average molecular weight is 382 g/mol. The van der Waals surface area contributed by atoms with Crippen molar-refractivity contribution in [3.63, 3.8) is 0 Å². The second-order valence-corrected chi connectivity index (χ2v) is 7.87. The first kappa shape index (κ1) is 18.1. The topological polar surface area (TPSA) is 119 Å². The summed E-state index contributed by atoms with van der Waals surface area (Å²) in [4.78, 5) is 16.8. The number of nitrogens with one attached hydrogen (secondary N) is 2. The molecule has 0 atom stereocenters. The Labute approximate surface area is 161 Å². The lowest BCUT2D eigenvalue weighted by Gasteiger charge is -2.39. The van der Waals surface area contributed by atoms with Gasteiger partial charge in [-0.1, -0.05) is 35.5 Å². The molecule has 0 aliphatic heterocycles. The standard InChI is InChI=1S/C19H22N6O3/c1-18(2,3)27-17(26)21-19(10-7-11-19)16-20-15(28-24-16)14-13(22-25-23-14)12-8-5-4-6-9-12/h4-6,8-9H,7,10-11H2,1-3H3,(H,21,26)(H,22,23,25). The van der Waals surface area contributed by atoms with Crippen molar-refractivity contribution in [3.05, 3.63) is 36.2 Å². The van der Waals surface area contributed by atoms with Crippen molar-refractivity contribution in [1.29, 1.82) is 0 Å². The van der Waals surface area contributed by atoms with Crippen molar-refractivity contribution in [2.24, 2.45) is 0 Å². The Morgan fingerprint density at radius 3 is 2.54 bits per heavy atom. The maximum Gasteiger partial charge on any atom is 0.408 e. The monoisotopic (exact) mass is 382 g/mol. The molecule has 0 bridgehead atoms. The van der Waals surface area contributed by atoms with Gasteiger partial charge in [0.05, 0.1) is 0 Å². The number of carbonyl (C=O) groups is 1. The van der Waals surface area contributed by atoms with Gasteiger partial charge in [0, 0.05) is 5.56 Å². The number of aromatic nitrogens is 5. The molecule has 0 spiro atoms. The second kappa shape index (κ2) is 6.74. The third-order valence-electron chi connectivity index (χ3n) is 4.60. The molecule has 2 aromatic heterocycles. The highest BCUT2D eigenvalue weighted by molar-refractivity contribution is 5.73. The van der Waals surface area contributed by atoms with Crippen LogP contribution < -0.4 is 5.32 Å². The fourth-order valence-corrected chi connectivity index (χ4v) is 3.13. The first-order valence-electron chi connectivity index (χ1n) is 9.18. The Hall–Kier alpha value is -3.23. The molecule has 2 N–H and O–H groups in total. The van der Waals surface area contributed by atoms with Crippen LogP contribution in [0.4, 0.5) is 4.79 Å². The van der Waals surface area contributed by atoms with Crippen LogP contribution in [-0.4, -0.2) is 37.2 Å². The van der Waals surface area contributed by atoms with Crippen LogP contribution in [0.25, 0.3) is 22.8 Å². The minimum absolute atomic E-state index is 0.250. The highest BCUT2D eigenvalue weighted by Crippen LogP contribution is 2.41. The van der Waals surface area contributed by atoms with Gasteiger partial charge in [0.25, 0.3) is 5.89 Å². The minimum Gasteiger partial charge on any atom is -0.444 e. The minimum atomic E-state index is -0.680. The van der Waals surface area contributed by atoms with Gasteiger partial charge in [-0.3, -0.25) is 0 Å². The summed E-state index contributed by atoms with van der Waals surface area (Å²) in [5, 5.41) is 18.0. The van der Waals surface area contributed by atoms with Crippen LogP contribution in [0.1, 0.15) is 45.9 Å². The summed E-state index contributed by atoms with van der Waals surface area (Å²) in [7, 11) is 0. The molecule has 1 saturated carbocycles. The number of alkyl carbamates (subject to hydrolysis) is 1. The van der Waals surface area contributed by atoms with Crippen molar-refractivity contribution >= 4 is 6.09 Å². The zero-order valence-corrected chi connectivity index (χ0v) is 16.0. The van der Waals surface area contributed by atoms with E-state index in [0.717, 1.165) is 24.8 Å². The van der Waals surface area contributed by atoms with Gasteiger partial charge >= 0.3 is 6.09 Å². The lowest BCUT2D eigenvalue weighted by Crippen LogP contribution is -2.52. The number of H-pyrrole nitrogens is 1. The van der Waals surface area contributed by atoms with E-state index >= 15 is 0 Å². The second-order valence-electron chi connectivity index (χ2n) is 7.87. The number of hydrogen-bond donors (Lipinski definition) is 2. The molecule has 0 unspecified atom stereocenters. The number of carbonyl (C=O) groups excluding carboxylic acids is 1. The maximum atomic E-state index is 12.3. The lowest BCUT2D eigenvalue weighted by atomic mass is 9.76. The highest BCUT2D eigenvalue weighted by Gasteiger charge is 2.45. The number of ether oxygens (including phenoxy) is 1. The van der Waals surface area contributed by atoms with E-state index in [2.05, 4.69) is 30.9 Å². The lowest BCUT2D eigenvalue weighted by molar-refractivity contribution is 0.0362. The third-order valence-corrected chi connectivity index (χ3v) is 4.60. The molecule has 1 aliphatic carbocycles. The van der Waals surface area contributed by atoms with Gasteiger partial charge in [-0.15, -0.1) is 0 Å². The fourth-order valence-electron chi connectivity index (χ4n) is 3.13. The molecule has 1 aliphatic rings. The molecular weight excluding hydrogens is 360 g/mol. The zero-order chi connectivity index (χ0) is 19.8. The van der Waals surface area contributed by atoms with E-state index in [0.29, 0.717) is 17.2 Å². The van der Waals surface area contributed by atoms with Crippen LogP contribution in [0.15, 0.2) is 34.9 Å². The molecule has 4 rings (SSSR count). The number of rotatable bonds is 4. The van der Waals surface area contributed by atoms with E-state index in [-0.39, 0.29) is 5.89 Å².